The van der Waals surface area contributed by atoms with E-state index in [9.17, 15) is 49.7 Å². The van der Waals surface area contributed by atoms with Gasteiger partial charge in [0.05, 0.1) is 12.7 Å². The molecule has 62 heavy (non-hydrogen) atoms. The van der Waals surface area contributed by atoms with Crippen molar-refractivity contribution >= 4 is 19.8 Å². The fourth-order valence-corrected chi connectivity index (χ4v) is 7.37. The van der Waals surface area contributed by atoms with Crippen molar-refractivity contribution in [1.29, 1.82) is 0 Å². The summed E-state index contributed by atoms with van der Waals surface area (Å²) in [6.45, 7) is 3.04. The van der Waals surface area contributed by atoms with Gasteiger partial charge in [-0.1, -0.05) is 138 Å². The molecule has 7 N–H and O–H groups in total. The van der Waals surface area contributed by atoms with Crippen LogP contribution >= 0.6 is 7.82 Å². The molecule has 0 amide bonds. The van der Waals surface area contributed by atoms with Crippen molar-refractivity contribution in [1.82, 2.24) is 0 Å². The van der Waals surface area contributed by atoms with E-state index in [2.05, 4.69) is 38.2 Å². The van der Waals surface area contributed by atoms with Crippen molar-refractivity contribution in [3.05, 3.63) is 72.9 Å². The molecule has 0 spiro atoms. The minimum atomic E-state index is -5.15. The van der Waals surface area contributed by atoms with Crippen LogP contribution in [0.25, 0.3) is 0 Å². The van der Waals surface area contributed by atoms with E-state index in [1.807, 2.05) is 36.5 Å². The second-order valence-corrected chi connectivity index (χ2v) is 17.1. The van der Waals surface area contributed by atoms with Crippen molar-refractivity contribution in [3.8, 4) is 0 Å². The molecule has 0 radical (unpaired) electrons. The Balaban J connectivity index is 2.56. The minimum Gasteiger partial charge on any atom is -0.462 e. The van der Waals surface area contributed by atoms with E-state index < -0.39 is 81.8 Å². The van der Waals surface area contributed by atoms with Crippen LogP contribution in [0.15, 0.2) is 72.9 Å². The number of esters is 2. The van der Waals surface area contributed by atoms with E-state index >= 15 is 0 Å². The highest BCUT2D eigenvalue weighted by Crippen LogP contribution is 2.47. The Bertz CT molecular complexity index is 1380. The summed E-state index contributed by atoms with van der Waals surface area (Å²) in [5, 5.41) is 60.2. The van der Waals surface area contributed by atoms with E-state index in [-0.39, 0.29) is 12.8 Å². The first kappa shape index (κ1) is 57.3. The Kier molecular flexibility index (Phi) is 33.8. The van der Waals surface area contributed by atoms with Crippen molar-refractivity contribution < 1.29 is 68.2 Å². The highest BCUT2D eigenvalue weighted by molar-refractivity contribution is 7.47. The summed E-state index contributed by atoms with van der Waals surface area (Å²) in [5.74, 6) is -1.22. The number of phosphoric ester groups is 1. The van der Waals surface area contributed by atoms with Crippen LogP contribution in [-0.2, 0) is 32.7 Å². The molecular weight excluding hydrogens is 819 g/mol. The number of allylic oxidation sites excluding steroid dienone is 10. The average Bonchev–Trinajstić information content (AvgIpc) is 3.25. The molecule has 356 valence electrons. The highest BCUT2D eigenvalue weighted by Gasteiger charge is 2.51. The quantitative estimate of drug-likeness (QED) is 0.0105. The van der Waals surface area contributed by atoms with Crippen molar-refractivity contribution in [2.75, 3.05) is 13.2 Å². The molecule has 0 bridgehead atoms. The van der Waals surface area contributed by atoms with E-state index in [0.29, 0.717) is 32.1 Å². The van der Waals surface area contributed by atoms with Crippen LogP contribution in [-0.4, -0.2) is 110 Å². The fraction of sp³-hybridized carbons (Fsp3) is 0.702. The molecule has 14 nitrogen and oxygen atoms in total. The third-order valence-electron chi connectivity index (χ3n) is 10.1. The van der Waals surface area contributed by atoms with Gasteiger partial charge < -0.3 is 45.0 Å². The molecule has 0 aromatic heterocycles. The molecule has 0 aromatic carbocycles. The summed E-state index contributed by atoms with van der Waals surface area (Å²) < 4.78 is 33.4. The fourth-order valence-electron chi connectivity index (χ4n) is 6.40. The molecule has 1 fully saturated rings. The summed E-state index contributed by atoms with van der Waals surface area (Å²) in [4.78, 5) is 35.7. The van der Waals surface area contributed by atoms with Crippen LogP contribution in [0.5, 0.6) is 0 Å². The number of hydrogen-bond donors (Lipinski definition) is 7. The summed E-state index contributed by atoms with van der Waals surface area (Å²) in [5.41, 5.74) is 0. The van der Waals surface area contributed by atoms with Gasteiger partial charge in [-0.3, -0.25) is 18.6 Å². The van der Waals surface area contributed by atoms with Gasteiger partial charge in [0.25, 0.3) is 0 Å². The lowest BCUT2D eigenvalue weighted by molar-refractivity contribution is -0.220. The Morgan fingerprint density at radius 1 is 0.597 bits per heavy atom. The Hall–Kier alpha value is -2.75. The van der Waals surface area contributed by atoms with Crippen LogP contribution in [0.2, 0.25) is 0 Å². The summed E-state index contributed by atoms with van der Waals surface area (Å²) >= 11 is 0. The second-order valence-electron chi connectivity index (χ2n) is 15.7. The number of ether oxygens (including phenoxy) is 2. The third kappa shape index (κ3) is 28.8. The van der Waals surface area contributed by atoms with Gasteiger partial charge in [0, 0.05) is 12.8 Å². The van der Waals surface area contributed by atoms with Crippen LogP contribution in [0.1, 0.15) is 149 Å². The standard InChI is InChI=1S/C47H79O14P/c1-3-5-7-9-11-12-13-14-15-16-17-18-22-26-30-34-40(49)58-36-39(37-59-62(56,57)61-47-45(54)43(52)42(51)44(53)46(47)55)60-41(50)35-31-27-23-20-19-21-25-29-33-38(48)32-28-24-10-8-6-4-2/h6,8,14-15,20-21,23-25,28-29,33,38-39,42-48,51-55H,3-5,7,9-13,16-19,22,26-27,30-32,34-37H2,1-2H3,(H,56,57)/b8-6-,15-14-,23-20-,25-21-,28-24-,33-29+. The average molecular weight is 899 g/mol. The first-order valence-electron chi connectivity index (χ1n) is 22.8. The van der Waals surface area contributed by atoms with Gasteiger partial charge in [0.1, 0.15) is 43.2 Å². The number of aliphatic hydroxyl groups excluding tert-OH is 6. The molecule has 1 saturated carbocycles. The molecular formula is C47H79O14P. The molecule has 1 aliphatic carbocycles. The topological polar surface area (TPSA) is 230 Å². The van der Waals surface area contributed by atoms with Crippen LogP contribution in [0.3, 0.4) is 0 Å². The SMILES string of the molecule is CC/C=C\C/C=C\CC(O)/C=C/C=C\C/C=C\CCCC(=O)OC(COC(=O)CCCCCCC/C=C\CCCCCCCC)COP(=O)(O)OC1C(O)C(O)C(O)C(O)C1O. The molecule has 0 heterocycles. The predicted molar refractivity (Wildman–Crippen MR) is 241 cm³/mol. The molecule has 0 aromatic rings. The van der Waals surface area contributed by atoms with Crippen molar-refractivity contribution in [2.45, 2.75) is 198 Å². The first-order chi connectivity index (χ1) is 29.8. The third-order valence-corrected chi connectivity index (χ3v) is 11.1. The highest BCUT2D eigenvalue weighted by atomic mass is 31.2. The number of carbonyl (C=O) groups excluding carboxylic acids is 2. The van der Waals surface area contributed by atoms with Crippen molar-refractivity contribution in [2.24, 2.45) is 0 Å². The van der Waals surface area contributed by atoms with Crippen molar-refractivity contribution in [3.63, 3.8) is 0 Å². The van der Waals surface area contributed by atoms with Gasteiger partial charge in [-0.25, -0.2) is 4.57 Å². The molecule has 1 aliphatic rings. The predicted octanol–water partition coefficient (Wildman–Crippen LogP) is 7.69. The lowest BCUT2D eigenvalue weighted by atomic mass is 9.85. The second kappa shape index (κ2) is 36.6. The lowest BCUT2D eigenvalue weighted by Crippen LogP contribution is -2.64. The normalized spacial score (nSPS) is 23.0. The van der Waals surface area contributed by atoms with E-state index in [1.165, 1.54) is 38.5 Å². The molecule has 0 aliphatic heterocycles. The zero-order chi connectivity index (χ0) is 45.9. The van der Waals surface area contributed by atoms with E-state index in [0.717, 1.165) is 51.4 Å². The Morgan fingerprint density at radius 2 is 1.13 bits per heavy atom. The monoisotopic (exact) mass is 899 g/mol. The number of aliphatic hydroxyl groups is 6. The Labute approximate surface area is 370 Å². The van der Waals surface area contributed by atoms with E-state index in [1.54, 1.807) is 12.2 Å². The minimum absolute atomic E-state index is 0.0185. The summed E-state index contributed by atoms with van der Waals surface area (Å²) in [6.07, 6.45) is 28.4. The number of carbonyl (C=O) groups is 2. The summed E-state index contributed by atoms with van der Waals surface area (Å²) in [7, 11) is -5.15. The van der Waals surface area contributed by atoms with Crippen LogP contribution in [0, 0.1) is 0 Å². The largest absolute Gasteiger partial charge is 0.472 e. The maximum Gasteiger partial charge on any atom is 0.472 e. The van der Waals surface area contributed by atoms with Crippen LogP contribution < -0.4 is 0 Å². The number of unbranched alkanes of at least 4 members (excludes halogenated alkanes) is 12. The first-order valence-corrected chi connectivity index (χ1v) is 24.3. The number of rotatable bonds is 36. The Morgan fingerprint density at radius 3 is 1.79 bits per heavy atom. The molecule has 0 saturated heterocycles. The zero-order valence-electron chi connectivity index (χ0n) is 37.2. The van der Waals surface area contributed by atoms with Crippen LogP contribution in [0.4, 0.5) is 0 Å². The van der Waals surface area contributed by atoms with Gasteiger partial charge in [-0.2, -0.15) is 0 Å². The maximum atomic E-state index is 12.8. The smallest absolute Gasteiger partial charge is 0.462 e. The molecule has 15 heteroatoms. The van der Waals surface area contributed by atoms with Gasteiger partial charge in [0.15, 0.2) is 6.10 Å². The number of phosphoric acid groups is 1. The van der Waals surface area contributed by atoms with Gasteiger partial charge in [-0.15, -0.1) is 0 Å². The molecule has 7 atom stereocenters. The number of hydrogen-bond acceptors (Lipinski definition) is 13. The zero-order valence-corrected chi connectivity index (χ0v) is 38.1. The molecule has 1 rings (SSSR count). The van der Waals surface area contributed by atoms with E-state index in [4.69, 9.17) is 18.5 Å². The maximum absolute atomic E-state index is 12.8. The lowest BCUT2D eigenvalue weighted by Gasteiger charge is -2.41. The summed E-state index contributed by atoms with van der Waals surface area (Å²) in [6, 6.07) is 0. The van der Waals surface area contributed by atoms with Gasteiger partial charge in [-0.05, 0) is 70.6 Å². The van der Waals surface area contributed by atoms with Gasteiger partial charge >= 0.3 is 19.8 Å². The molecule has 7 unspecified atom stereocenters. The van der Waals surface area contributed by atoms with Gasteiger partial charge in [0.2, 0.25) is 0 Å².